The van der Waals surface area contributed by atoms with Crippen LogP contribution in [-0.2, 0) is 0 Å². The first-order valence-corrected chi connectivity index (χ1v) is 9.16. The summed E-state index contributed by atoms with van der Waals surface area (Å²) in [6.45, 7) is 5.76. The molecule has 3 atom stereocenters. The van der Waals surface area contributed by atoms with Crippen molar-refractivity contribution in [1.29, 1.82) is 0 Å². The van der Waals surface area contributed by atoms with Crippen molar-refractivity contribution in [2.24, 2.45) is 11.8 Å². The number of rotatable bonds is 3. The van der Waals surface area contributed by atoms with Crippen LogP contribution in [0.15, 0.2) is 24.3 Å². The molecule has 1 saturated heterocycles. The number of amides is 4. The smallest absolute Gasteiger partial charge is 0.321 e. The second-order valence-corrected chi connectivity index (χ2v) is 7.35. The van der Waals surface area contributed by atoms with Gasteiger partial charge in [-0.15, -0.1) is 0 Å². The Kier molecular flexibility index (Phi) is 5.16. The number of benzene rings is 1. The maximum absolute atomic E-state index is 12.7. The van der Waals surface area contributed by atoms with Gasteiger partial charge in [-0.1, -0.05) is 26.3 Å². The van der Waals surface area contributed by atoms with Gasteiger partial charge in [0, 0.05) is 37.6 Å². The predicted octanol–water partition coefficient (Wildman–Crippen LogP) is 3.50. The number of carbonyl (C=O) groups excluding carboxylic acids is 2. The second kappa shape index (κ2) is 7.33. The van der Waals surface area contributed by atoms with Gasteiger partial charge in [-0.25, -0.2) is 9.59 Å². The molecule has 25 heavy (non-hydrogen) atoms. The van der Waals surface area contributed by atoms with Crippen molar-refractivity contribution in [2.75, 3.05) is 30.4 Å². The Morgan fingerprint density at radius 3 is 2.64 bits per heavy atom. The summed E-state index contributed by atoms with van der Waals surface area (Å²) in [5.41, 5.74) is 1.51. The molecule has 2 aliphatic rings. The largest absolute Gasteiger partial charge is 0.336 e. The van der Waals surface area contributed by atoms with Gasteiger partial charge in [0.2, 0.25) is 0 Å². The van der Waals surface area contributed by atoms with Crippen molar-refractivity contribution < 1.29 is 9.59 Å². The number of anilines is 2. The molecule has 1 saturated carbocycles. The Morgan fingerprint density at radius 1 is 1.28 bits per heavy atom. The van der Waals surface area contributed by atoms with Gasteiger partial charge in [0.1, 0.15) is 0 Å². The summed E-state index contributed by atoms with van der Waals surface area (Å²) in [4.78, 5) is 28.1. The lowest BCUT2D eigenvalue weighted by molar-refractivity contribution is 0.115. The minimum absolute atomic E-state index is 0.0892. The van der Waals surface area contributed by atoms with Crippen LogP contribution in [-0.4, -0.2) is 43.1 Å². The lowest BCUT2D eigenvalue weighted by Gasteiger charge is -2.40. The van der Waals surface area contributed by atoms with Crippen LogP contribution in [0.25, 0.3) is 0 Å². The van der Waals surface area contributed by atoms with E-state index >= 15 is 0 Å². The molecular formula is C19H28N4O2. The van der Waals surface area contributed by atoms with Gasteiger partial charge in [0.25, 0.3) is 0 Å². The zero-order valence-electron chi connectivity index (χ0n) is 15.3. The lowest BCUT2D eigenvalue weighted by Crippen LogP contribution is -2.48. The monoisotopic (exact) mass is 344 g/mol. The van der Waals surface area contributed by atoms with E-state index in [1.54, 1.807) is 4.90 Å². The van der Waals surface area contributed by atoms with Crippen LogP contribution in [0.5, 0.6) is 0 Å². The topological polar surface area (TPSA) is 64.7 Å². The van der Waals surface area contributed by atoms with Crippen LogP contribution in [0.4, 0.5) is 21.0 Å². The van der Waals surface area contributed by atoms with E-state index in [0.717, 1.165) is 5.69 Å². The fourth-order valence-corrected chi connectivity index (χ4v) is 4.24. The van der Waals surface area contributed by atoms with E-state index in [4.69, 9.17) is 0 Å². The summed E-state index contributed by atoms with van der Waals surface area (Å²) < 4.78 is 0. The minimum atomic E-state index is -0.0922. The third-order valence-corrected chi connectivity index (χ3v) is 5.52. The number of hydrogen-bond acceptors (Lipinski definition) is 2. The number of hydrogen-bond donors (Lipinski definition) is 2. The highest BCUT2D eigenvalue weighted by molar-refractivity contribution is 5.95. The zero-order chi connectivity index (χ0) is 18.0. The van der Waals surface area contributed by atoms with Crippen LogP contribution >= 0.6 is 0 Å². The SMILES string of the molecule is C[C@@H]1CCC[C@H](C)C1N(C)C(=O)Nc1cccc(N2CCNC2=O)c1. The molecule has 4 amide bonds. The van der Waals surface area contributed by atoms with Crippen LogP contribution in [0, 0.1) is 11.8 Å². The van der Waals surface area contributed by atoms with Crippen LogP contribution < -0.4 is 15.5 Å². The number of urea groups is 2. The fourth-order valence-electron chi connectivity index (χ4n) is 4.24. The minimum Gasteiger partial charge on any atom is -0.336 e. The third-order valence-electron chi connectivity index (χ3n) is 5.52. The molecule has 1 aromatic rings. The summed E-state index contributed by atoms with van der Waals surface area (Å²) in [5, 5.41) is 5.78. The van der Waals surface area contributed by atoms with E-state index < -0.39 is 0 Å². The highest BCUT2D eigenvalue weighted by Gasteiger charge is 2.33. The van der Waals surface area contributed by atoms with E-state index in [9.17, 15) is 9.59 Å². The van der Waals surface area contributed by atoms with Gasteiger partial charge in [-0.2, -0.15) is 0 Å². The predicted molar refractivity (Wildman–Crippen MR) is 99.9 cm³/mol. The van der Waals surface area contributed by atoms with Crippen molar-refractivity contribution in [3.05, 3.63) is 24.3 Å². The average molecular weight is 344 g/mol. The van der Waals surface area contributed by atoms with Gasteiger partial charge in [-0.05, 0) is 42.9 Å². The summed E-state index contributed by atoms with van der Waals surface area (Å²) in [6.07, 6.45) is 3.59. The molecule has 2 fully saturated rings. The van der Waals surface area contributed by atoms with Crippen molar-refractivity contribution in [2.45, 2.75) is 39.2 Å². The molecule has 1 aliphatic heterocycles. The van der Waals surface area contributed by atoms with Crippen LogP contribution in [0.2, 0.25) is 0 Å². The van der Waals surface area contributed by atoms with E-state index in [1.165, 1.54) is 19.3 Å². The molecule has 6 nitrogen and oxygen atoms in total. The zero-order valence-corrected chi connectivity index (χ0v) is 15.3. The third kappa shape index (κ3) is 3.72. The molecule has 0 spiro atoms. The normalized spacial score (nSPS) is 26.3. The Labute approximate surface area is 149 Å². The Morgan fingerprint density at radius 2 is 2.00 bits per heavy atom. The molecule has 0 radical (unpaired) electrons. The van der Waals surface area contributed by atoms with Crippen molar-refractivity contribution in [1.82, 2.24) is 10.2 Å². The van der Waals surface area contributed by atoms with Crippen LogP contribution in [0.3, 0.4) is 0 Å². The molecule has 136 valence electrons. The molecule has 6 heteroatoms. The van der Waals surface area contributed by atoms with E-state index in [0.29, 0.717) is 30.6 Å². The summed E-state index contributed by atoms with van der Waals surface area (Å²) in [6, 6.07) is 7.54. The molecule has 1 heterocycles. The number of nitrogens with one attached hydrogen (secondary N) is 2. The molecule has 0 aromatic heterocycles. The second-order valence-electron chi connectivity index (χ2n) is 7.35. The highest BCUT2D eigenvalue weighted by atomic mass is 16.2. The number of nitrogens with zero attached hydrogens (tertiary/aromatic N) is 2. The summed E-state index contributed by atoms with van der Waals surface area (Å²) >= 11 is 0. The van der Waals surface area contributed by atoms with Gasteiger partial charge in [0.05, 0.1) is 0 Å². The molecule has 0 bridgehead atoms. The van der Waals surface area contributed by atoms with Gasteiger partial charge in [-0.3, -0.25) is 4.90 Å². The lowest BCUT2D eigenvalue weighted by atomic mass is 9.78. The standard InChI is InChI=1S/C19H28N4O2/c1-13-6-4-7-14(2)17(13)22(3)19(25)21-15-8-5-9-16(12-15)23-11-10-20-18(23)24/h5,8-9,12-14,17H,4,6-7,10-11H2,1-3H3,(H,20,24)(H,21,25)/t13-,14+,17?. The summed E-state index contributed by atoms with van der Waals surface area (Å²) in [7, 11) is 1.89. The molecule has 1 aliphatic carbocycles. The van der Waals surface area contributed by atoms with E-state index in [2.05, 4.69) is 24.5 Å². The van der Waals surface area contributed by atoms with Gasteiger partial charge in [0.15, 0.2) is 0 Å². The molecular weight excluding hydrogens is 316 g/mol. The molecule has 3 rings (SSSR count). The maximum Gasteiger partial charge on any atom is 0.321 e. The Balaban J connectivity index is 1.69. The number of carbonyl (C=O) groups is 2. The van der Waals surface area contributed by atoms with Crippen molar-refractivity contribution >= 4 is 23.4 Å². The average Bonchev–Trinajstić information content (AvgIpc) is 3.01. The first kappa shape index (κ1) is 17.6. The highest BCUT2D eigenvalue weighted by Crippen LogP contribution is 2.32. The van der Waals surface area contributed by atoms with Gasteiger partial charge >= 0.3 is 12.1 Å². The molecule has 1 aromatic carbocycles. The molecule has 1 unspecified atom stereocenters. The first-order chi connectivity index (χ1) is 12.0. The van der Waals surface area contributed by atoms with Crippen molar-refractivity contribution in [3.63, 3.8) is 0 Å². The Hall–Kier alpha value is -2.24. The maximum atomic E-state index is 12.7. The van der Waals surface area contributed by atoms with Crippen molar-refractivity contribution in [3.8, 4) is 0 Å². The van der Waals surface area contributed by atoms with E-state index in [1.807, 2.05) is 36.2 Å². The fraction of sp³-hybridized carbons (Fsp3) is 0.579. The first-order valence-electron chi connectivity index (χ1n) is 9.16. The Bertz CT molecular complexity index is 638. The molecule has 2 N–H and O–H groups in total. The van der Waals surface area contributed by atoms with Crippen LogP contribution in [0.1, 0.15) is 33.1 Å². The van der Waals surface area contributed by atoms with Gasteiger partial charge < -0.3 is 15.5 Å². The quantitative estimate of drug-likeness (QED) is 0.881. The van der Waals surface area contributed by atoms with E-state index in [-0.39, 0.29) is 18.1 Å². The summed E-state index contributed by atoms with van der Waals surface area (Å²) in [5.74, 6) is 1.03.